The van der Waals surface area contributed by atoms with Gasteiger partial charge in [-0.05, 0) is 25.3 Å². The summed E-state index contributed by atoms with van der Waals surface area (Å²) in [4.78, 5) is 7.08. The number of anilines is 1. The van der Waals surface area contributed by atoms with E-state index in [1.165, 1.54) is 0 Å². The summed E-state index contributed by atoms with van der Waals surface area (Å²) in [6.45, 7) is 15.2. The number of rotatable bonds is 8. The maximum Gasteiger partial charge on any atom is 0.185 e. The smallest absolute Gasteiger partial charge is 0.185 e. The molecule has 0 radical (unpaired) electrons. The van der Waals surface area contributed by atoms with Crippen molar-refractivity contribution in [2.24, 2.45) is 11.8 Å². The second-order valence-corrected chi connectivity index (χ2v) is 6.42. The molecule has 1 aromatic rings. The van der Waals surface area contributed by atoms with E-state index in [1.54, 1.807) is 11.3 Å². The summed E-state index contributed by atoms with van der Waals surface area (Å²) >= 11 is 1.76. The van der Waals surface area contributed by atoms with Gasteiger partial charge < -0.3 is 10.2 Å². The molecule has 0 aliphatic heterocycles. The summed E-state index contributed by atoms with van der Waals surface area (Å²) in [6.07, 6.45) is 0. The van der Waals surface area contributed by atoms with Crippen molar-refractivity contribution >= 4 is 16.5 Å². The van der Waals surface area contributed by atoms with Crippen LogP contribution in [0.5, 0.6) is 0 Å². The standard InChI is InChI=1S/C14H27N3S/c1-6-17(9-12(4)5)14-16-13(10-18-14)8-15-7-11(2)3/h10-12,15H,6-9H2,1-5H3. The van der Waals surface area contributed by atoms with Crippen molar-refractivity contribution < 1.29 is 0 Å². The van der Waals surface area contributed by atoms with Crippen LogP contribution in [-0.2, 0) is 6.54 Å². The van der Waals surface area contributed by atoms with E-state index in [0.29, 0.717) is 11.8 Å². The Labute approximate surface area is 116 Å². The molecule has 1 heterocycles. The molecule has 0 atom stereocenters. The first-order chi connectivity index (χ1) is 8.52. The fourth-order valence-electron chi connectivity index (χ4n) is 1.79. The second kappa shape index (κ2) is 7.74. The normalized spacial score (nSPS) is 11.5. The predicted molar refractivity (Wildman–Crippen MR) is 81.4 cm³/mol. The SMILES string of the molecule is CCN(CC(C)C)c1nc(CNCC(C)C)cs1. The van der Waals surface area contributed by atoms with Crippen molar-refractivity contribution in [2.75, 3.05) is 24.5 Å². The topological polar surface area (TPSA) is 28.2 Å². The lowest BCUT2D eigenvalue weighted by molar-refractivity contribution is 0.548. The fourth-order valence-corrected chi connectivity index (χ4v) is 2.70. The van der Waals surface area contributed by atoms with E-state index in [1.807, 2.05) is 0 Å². The van der Waals surface area contributed by atoms with Crippen LogP contribution in [0.25, 0.3) is 0 Å². The lowest BCUT2D eigenvalue weighted by Gasteiger charge is -2.21. The largest absolute Gasteiger partial charge is 0.348 e. The number of hydrogen-bond acceptors (Lipinski definition) is 4. The van der Waals surface area contributed by atoms with Gasteiger partial charge in [-0.1, -0.05) is 27.7 Å². The third-order valence-corrected chi connectivity index (χ3v) is 3.59. The third-order valence-electron chi connectivity index (χ3n) is 2.64. The van der Waals surface area contributed by atoms with Crippen LogP contribution in [0.15, 0.2) is 5.38 Å². The van der Waals surface area contributed by atoms with Gasteiger partial charge in [-0.25, -0.2) is 4.98 Å². The lowest BCUT2D eigenvalue weighted by atomic mass is 10.2. The Morgan fingerprint density at radius 3 is 2.56 bits per heavy atom. The van der Waals surface area contributed by atoms with Crippen LogP contribution in [0.3, 0.4) is 0 Å². The van der Waals surface area contributed by atoms with E-state index in [2.05, 4.69) is 50.2 Å². The number of hydrogen-bond donors (Lipinski definition) is 1. The van der Waals surface area contributed by atoms with Crippen LogP contribution < -0.4 is 10.2 Å². The second-order valence-electron chi connectivity index (χ2n) is 5.58. The third kappa shape index (κ3) is 5.36. The van der Waals surface area contributed by atoms with E-state index in [-0.39, 0.29) is 0 Å². The van der Waals surface area contributed by atoms with Crippen molar-refractivity contribution in [1.29, 1.82) is 0 Å². The molecule has 0 aromatic carbocycles. The van der Waals surface area contributed by atoms with Crippen LogP contribution in [0.2, 0.25) is 0 Å². The lowest BCUT2D eigenvalue weighted by Crippen LogP contribution is -2.27. The molecular formula is C14H27N3S. The van der Waals surface area contributed by atoms with Gasteiger partial charge in [-0.15, -0.1) is 11.3 Å². The van der Waals surface area contributed by atoms with Crippen LogP contribution in [0, 0.1) is 11.8 Å². The minimum atomic E-state index is 0.677. The van der Waals surface area contributed by atoms with Gasteiger partial charge >= 0.3 is 0 Å². The van der Waals surface area contributed by atoms with Crippen molar-refractivity contribution in [2.45, 2.75) is 41.2 Å². The molecule has 0 saturated carbocycles. The first-order valence-corrected chi connectivity index (χ1v) is 7.81. The van der Waals surface area contributed by atoms with Gasteiger partial charge in [0, 0.05) is 25.0 Å². The summed E-state index contributed by atoms with van der Waals surface area (Å²) in [5.74, 6) is 1.37. The van der Waals surface area contributed by atoms with E-state index in [0.717, 1.165) is 37.0 Å². The van der Waals surface area contributed by atoms with Gasteiger partial charge in [0.05, 0.1) is 5.69 Å². The summed E-state index contributed by atoms with van der Waals surface area (Å²) in [6, 6.07) is 0. The van der Waals surface area contributed by atoms with Crippen molar-refractivity contribution in [3.05, 3.63) is 11.1 Å². The maximum absolute atomic E-state index is 4.71. The Morgan fingerprint density at radius 1 is 1.28 bits per heavy atom. The minimum Gasteiger partial charge on any atom is -0.348 e. The zero-order valence-corrected chi connectivity index (χ0v) is 13.2. The Kier molecular flexibility index (Phi) is 6.65. The number of nitrogens with one attached hydrogen (secondary N) is 1. The van der Waals surface area contributed by atoms with Gasteiger partial charge in [0.15, 0.2) is 5.13 Å². The molecule has 1 rings (SSSR count). The average Bonchev–Trinajstić information content (AvgIpc) is 2.73. The van der Waals surface area contributed by atoms with Gasteiger partial charge in [0.2, 0.25) is 0 Å². The Balaban J connectivity index is 2.50. The number of thiazole rings is 1. The highest BCUT2D eigenvalue weighted by molar-refractivity contribution is 7.13. The highest BCUT2D eigenvalue weighted by Gasteiger charge is 2.10. The Bertz CT molecular complexity index is 334. The first-order valence-electron chi connectivity index (χ1n) is 6.93. The molecule has 0 bridgehead atoms. The zero-order chi connectivity index (χ0) is 13.5. The predicted octanol–water partition coefficient (Wildman–Crippen LogP) is 3.37. The van der Waals surface area contributed by atoms with E-state index in [9.17, 15) is 0 Å². The molecule has 0 unspecified atom stereocenters. The van der Waals surface area contributed by atoms with E-state index >= 15 is 0 Å². The van der Waals surface area contributed by atoms with Crippen molar-refractivity contribution in [3.63, 3.8) is 0 Å². The summed E-state index contributed by atoms with van der Waals surface area (Å²) < 4.78 is 0. The molecule has 0 saturated heterocycles. The number of nitrogens with zero attached hydrogens (tertiary/aromatic N) is 2. The van der Waals surface area contributed by atoms with Gasteiger partial charge in [-0.2, -0.15) is 0 Å². The molecule has 1 aromatic heterocycles. The van der Waals surface area contributed by atoms with Crippen molar-refractivity contribution in [1.82, 2.24) is 10.3 Å². The van der Waals surface area contributed by atoms with Gasteiger partial charge in [0.1, 0.15) is 0 Å². The minimum absolute atomic E-state index is 0.677. The summed E-state index contributed by atoms with van der Waals surface area (Å²) in [7, 11) is 0. The van der Waals surface area contributed by atoms with Gasteiger partial charge in [0.25, 0.3) is 0 Å². The molecule has 18 heavy (non-hydrogen) atoms. The van der Waals surface area contributed by atoms with Crippen LogP contribution >= 0.6 is 11.3 Å². The van der Waals surface area contributed by atoms with Crippen LogP contribution in [0.1, 0.15) is 40.3 Å². The molecular weight excluding hydrogens is 242 g/mol. The zero-order valence-electron chi connectivity index (χ0n) is 12.4. The molecule has 0 aliphatic rings. The number of aromatic nitrogens is 1. The van der Waals surface area contributed by atoms with Crippen LogP contribution in [-0.4, -0.2) is 24.6 Å². The quantitative estimate of drug-likeness (QED) is 0.784. The molecule has 0 aliphatic carbocycles. The first kappa shape index (κ1) is 15.4. The maximum atomic E-state index is 4.71. The Morgan fingerprint density at radius 2 is 2.00 bits per heavy atom. The van der Waals surface area contributed by atoms with Crippen molar-refractivity contribution in [3.8, 4) is 0 Å². The molecule has 0 amide bonds. The molecule has 1 N–H and O–H groups in total. The Hall–Kier alpha value is -0.610. The molecule has 0 fully saturated rings. The molecule has 3 nitrogen and oxygen atoms in total. The molecule has 0 spiro atoms. The summed E-state index contributed by atoms with van der Waals surface area (Å²) in [5.41, 5.74) is 1.16. The highest BCUT2D eigenvalue weighted by Crippen LogP contribution is 2.21. The highest BCUT2D eigenvalue weighted by atomic mass is 32.1. The summed E-state index contributed by atoms with van der Waals surface area (Å²) in [5, 5.41) is 6.77. The monoisotopic (exact) mass is 269 g/mol. The fraction of sp³-hybridized carbons (Fsp3) is 0.786. The van der Waals surface area contributed by atoms with Gasteiger partial charge in [-0.3, -0.25) is 0 Å². The van der Waals surface area contributed by atoms with E-state index in [4.69, 9.17) is 4.98 Å². The molecule has 4 heteroatoms. The molecule has 104 valence electrons. The van der Waals surface area contributed by atoms with E-state index < -0.39 is 0 Å². The average molecular weight is 269 g/mol. The van der Waals surface area contributed by atoms with Crippen LogP contribution in [0.4, 0.5) is 5.13 Å².